The number of aliphatic hydroxyl groups is 1. The van der Waals surface area contributed by atoms with Crippen LogP contribution in [-0.4, -0.2) is 107 Å². The maximum Gasteiger partial charge on any atom is 0.422 e. The highest BCUT2D eigenvalue weighted by Gasteiger charge is 2.53. The van der Waals surface area contributed by atoms with Crippen LogP contribution in [0.4, 0.5) is 13.2 Å². The smallest absolute Gasteiger partial charge is 0.422 e. The second-order valence-electron chi connectivity index (χ2n) is 16.7. The minimum atomic E-state index is -4.68. The predicted molar refractivity (Wildman–Crippen MR) is 214 cm³/mol. The molecule has 2 saturated heterocycles. The van der Waals surface area contributed by atoms with Crippen LogP contribution < -0.4 is 5.32 Å². The zero-order valence-electron chi connectivity index (χ0n) is 35.4. The average molecular weight is 851 g/mol. The van der Waals surface area contributed by atoms with Crippen molar-refractivity contribution in [3.63, 3.8) is 0 Å². The van der Waals surface area contributed by atoms with Gasteiger partial charge in [0.1, 0.15) is 30.0 Å². The van der Waals surface area contributed by atoms with Crippen LogP contribution in [0.25, 0.3) is 6.08 Å². The summed E-state index contributed by atoms with van der Waals surface area (Å²) >= 11 is 0. The maximum absolute atomic E-state index is 14.4. The largest absolute Gasteiger partial charge is 0.460 e. The highest BCUT2D eigenvalue weighted by Crippen LogP contribution is 2.43. The van der Waals surface area contributed by atoms with E-state index in [0.717, 1.165) is 44.6 Å². The van der Waals surface area contributed by atoms with Gasteiger partial charge in [0.2, 0.25) is 11.8 Å². The number of amides is 2. The van der Waals surface area contributed by atoms with Crippen LogP contribution in [-0.2, 0) is 42.9 Å². The van der Waals surface area contributed by atoms with E-state index in [4.69, 9.17) is 18.9 Å². The first kappa shape index (κ1) is 48.4. The third kappa shape index (κ3) is 14.7. The number of halogens is 3. The Bertz CT molecular complexity index is 1700. The van der Waals surface area contributed by atoms with Crippen molar-refractivity contribution in [1.82, 2.24) is 10.2 Å². The van der Waals surface area contributed by atoms with Crippen molar-refractivity contribution in [1.29, 1.82) is 0 Å². The number of nitrogens with one attached hydrogen (secondary N) is 1. The highest BCUT2D eigenvalue weighted by molar-refractivity contribution is 5.98. The lowest BCUT2D eigenvalue weighted by Gasteiger charge is -2.33. The molecule has 2 amide bonds. The van der Waals surface area contributed by atoms with Crippen molar-refractivity contribution in [3.05, 3.63) is 53.1 Å². The number of aliphatic hydroxyl groups excluding tert-OH is 1. The first-order valence-corrected chi connectivity index (χ1v) is 21.1. The number of ether oxygens (including phenoxy) is 5. The highest BCUT2D eigenvalue weighted by atomic mass is 19.4. The molecule has 2 aliphatic heterocycles. The molecule has 1 aromatic carbocycles. The normalized spacial score (nSPS) is 21.9. The summed E-state index contributed by atoms with van der Waals surface area (Å²) in [5.74, 6) is -4.29. The van der Waals surface area contributed by atoms with E-state index >= 15 is 0 Å². The molecule has 13 nitrogen and oxygen atoms in total. The zero-order valence-corrected chi connectivity index (χ0v) is 35.4. The number of rotatable bonds is 20. The number of carbonyl (C=O) groups excluding carboxylic acids is 5. The molecule has 334 valence electrons. The summed E-state index contributed by atoms with van der Waals surface area (Å²) in [4.78, 5) is 67.4. The van der Waals surface area contributed by atoms with Gasteiger partial charge in [-0.2, -0.15) is 13.2 Å². The van der Waals surface area contributed by atoms with Gasteiger partial charge in [-0.1, -0.05) is 51.7 Å². The van der Waals surface area contributed by atoms with E-state index in [9.17, 15) is 42.3 Å². The van der Waals surface area contributed by atoms with Gasteiger partial charge in [-0.25, -0.2) is 9.59 Å². The summed E-state index contributed by atoms with van der Waals surface area (Å²) in [6, 6.07) is 4.37. The molecule has 2 N–H and O–H groups in total. The molecule has 1 aromatic rings. The molecule has 2 fully saturated rings. The Morgan fingerprint density at radius 3 is 2.37 bits per heavy atom. The number of esters is 3. The number of fused-ring (bicyclic) bond motifs is 1. The Kier molecular flexibility index (Phi) is 17.7. The quantitative estimate of drug-likeness (QED) is 0.0607. The minimum absolute atomic E-state index is 0.0208. The number of nitrogens with zero attached hydrogens (tertiary/aromatic N) is 1. The summed E-state index contributed by atoms with van der Waals surface area (Å²) < 4.78 is 66.5. The van der Waals surface area contributed by atoms with Crippen molar-refractivity contribution in [2.45, 2.75) is 166 Å². The SMILES string of the molecule is CCCCCC1(CCCCC)OC2C=C(C(=O)N3CCCC3C(=O)NC(CO)CCC(=O)OC(C)(C)C)CC(OC(=O)c3cccc(C=CC(=O)OCC(F)(F)F)c3)C2O1. The summed E-state index contributed by atoms with van der Waals surface area (Å²) in [6.45, 7) is 7.57. The molecule has 60 heavy (non-hydrogen) atoms. The van der Waals surface area contributed by atoms with Crippen molar-refractivity contribution >= 4 is 35.8 Å². The van der Waals surface area contributed by atoms with E-state index in [1.165, 1.54) is 29.2 Å². The molecule has 0 saturated carbocycles. The Balaban J connectivity index is 1.55. The second-order valence-corrected chi connectivity index (χ2v) is 16.7. The van der Waals surface area contributed by atoms with Gasteiger partial charge in [0, 0.05) is 43.9 Å². The molecule has 4 rings (SSSR count). The fraction of sp³-hybridized carbons (Fsp3) is 0.659. The van der Waals surface area contributed by atoms with Crippen LogP contribution in [0.3, 0.4) is 0 Å². The Labute approximate surface area is 350 Å². The van der Waals surface area contributed by atoms with Crippen LogP contribution >= 0.6 is 0 Å². The van der Waals surface area contributed by atoms with E-state index in [-0.39, 0.29) is 36.9 Å². The van der Waals surface area contributed by atoms with Gasteiger partial charge < -0.3 is 39.0 Å². The van der Waals surface area contributed by atoms with E-state index in [2.05, 4.69) is 23.9 Å². The van der Waals surface area contributed by atoms with Crippen LogP contribution in [0, 0.1) is 0 Å². The number of likely N-dealkylation sites (tertiary alicyclic amines) is 1. The lowest BCUT2D eigenvalue weighted by atomic mass is 9.91. The first-order chi connectivity index (χ1) is 28.4. The second kappa shape index (κ2) is 22.0. The minimum Gasteiger partial charge on any atom is -0.460 e. The molecule has 0 spiro atoms. The van der Waals surface area contributed by atoms with Gasteiger partial charge >= 0.3 is 24.1 Å². The fourth-order valence-corrected chi connectivity index (χ4v) is 7.59. The number of hydrogen-bond donors (Lipinski definition) is 2. The van der Waals surface area contributed by atoms with Gasteiger partial charge in [-0.3, -0.25) is 14.4 Å². The van der Waals surface area contributed by atoms with Gasteiger partial charge in [0.05, 0.1) is 18.2 Å². The molecular weight excluding hydrogens is 789 g/mol. The molecule has 1 aliphatic carbocycles. The third-order valence-corrected chi connectivity index (χ3v) is 10.4. The van der Waals surface area contributed by atoms with Crippen LogP contribution in [0.2, 0.25) is 0 Å². The topological polar surface area (TPSA) is 167 Å². The van der Waals surface area contributed by atoms with E-state index in [1.54, 1.807) is 32.9 Å². The molecule has 2 heterocycles. The third-order valence-electron chi connectivity index (χ3n) is 10.4. The number of alkyl halides is 3. The summed E-state index contributed by atoms with van der Waals surface area (Å²) in [7, 11) is 0. The average Bonchev–Trinajstić information content (AvgIpc) is 3.83. The molecule has 16 heteroatoms. The lowest BCUT2D eigenvalue weighted by molar-refractivity contribution is -0.190. The van der Waals surface area contributed by atoms with Gasteiger partial charge in [-0.15, -0.1) is 0 Å². The fourth-order valence-electron chi connectivity index (χ4n) is 7.59. The van der Waals surface area contributed by atoms with Gasteiger partial charge in [0.15, 0.2) is 12.4 Å². The first-order valence-electron chi connectivity index (χ1n) is 21.1. The zero-order chi connectivity index (χ0) is 44.1. The van der Waals surface area contributed by atoms with E-state index in [0.29, 0.717) is 31.2 Å². The Hall–Kier alpha value is -4.28. The number of hydrogen-bond acceptors (Lipinski definition) is 11. The molecular formula is C44H61F3N2O11. The van der Waals surface area contributed by atoms with Crippen LogP contribution in [0.1, 0.15) is 134 Å². The van der Waals surface area contributed by atoms with E-state index in [1.807, 2.05) is 0 Å². The predicted octanol–water partition coefficient (Wildman–Crippen LogP) is 6.89. The number of unbranched alkanes of at least 4 members (excludes halogenated alkanes) is 4. The molecule has 0 bridgehead atoms. The van der Waals surface area contributed by atoms with Crippen LogP contribution in [0.15, 0.2) is 42.0 Å². The monoisotopic (exact) mass is 850 g/mol. The summed E-state index contributed by atoms with van der Waals surface area (Å²) in [6.07, 6.45) is 4.33. The van der Waals surface area contributed by atoms with E-state index < -0.39 is 90.9 Å². The molecule has 5 unspecified atom stereocenters. The summed E-state index contributed by atoms with van der Waals surface area (Å²) in [5, 5.41) is 12.8. The standard InChI is InChI=1S/C44H61F3N2O11/c1-6-8-10-21-43(22-11-9-7-2)58-35-26-31(40(54)49-23-13-16-33(49)39(53)48-32(27-50)18-20-37(52)59-42(3,4)5)25-34(38(35)60-43)57-41(55)30-15-12-14-29(24-30)17-19-36(51)56-28-44(45,46)47/h12,14-15,17,19,24,26,32-35,38,50H,6-11,13,16,18,20-23,25,27-28H2,1-5H3,(H,48,53). The molecule has 0 radical (unpaired) electrons. The van der Waals surface area contributed by atoms with Crippen molar-refractivity contribution in [2.24, 2.45) is 0 Å². The molecule has 3 aliphatic rings. The summed E-state index contributed by atoms with van der Waals surface area (Å²) in [5.41, 5.74) is 0.00848. The number of benzene rings is 1. The van der Waals surface area contributed by atoms with Crippen molar-refractivity contribution in [2.75, 3.05) is 19.8 Å². The van der Waals surface area contributed by atoms with Crippen LogP contribution in [0.5, 0.6) is 0 Å². The number of carbonyl (C=O) groups is 5. The van der Waals surface area contributed by atoms with Gasteiger partial charge in [0.25, 0.3) is 0 Å². The maximum atomic E-state index is 14.4. The lowest BCUT2D eigenvalue weighted by Crippen LogP contribution is -2.51. The van der Waals surface area contributed by atoms with Gasteiger partial charge in [-0.05, 0) is 82.7 Å². The van der Waals surface area contributed by atoms with Crippen molar-refractivity contribution < 1.29 is 65.9 Å². The Morgan fingerprint density at radius 2 is 1.73 bits per heavy atom. The molecule has 5 atom stereocenters. The Morgan fingerprint density at radius 1 is 1.03 bits per heavy atom. The van der Waals surface area contributed by atoms with Crippen molar-refractivity contribution in [3.8, 4) is 0 Å². The molecule has 0 aromatic heterocycles.